The minimum absolute atomic E-state index is 0.0210. The number of tetrazole rings is 1. The number of hydrogen-bond donors (Lipinski definition) is 2. The molecule has 1 unspecified atom stereocenters. The number of carbonyl (C=O) groups is 1. The van der Waals surface area contributed by atoms with Crippen molar-refractivity contribution in [3.8, 4) is 22.8 Å². The van der Waals surface area contributed by atoms with Gasteiger partial charge in [0, 0.05) is 38.6 Å². The Morgan fingerprint density at radius 3 is 2.83 bits per heavy atom. The lowest BCUT2D eigenvalue weighted by molar-refractivity contribution is -0.0495. The molecule has 1 fully saturated rings. The first-order valence-corrected chi connectivity index (χ1v) is 12.4. The van der Waals surface area contributed by atoms with Crippen LogP contribution in [-0.2, 0) is 6.54 Å². The van der Waals surface area contributed by atoms with Gasteiger partial charge in [-0.05, 0) is 29.5 Å². The average Bonchev–Trinajstić information content (AvgIpc) is 3.62. The summed E-state index contributed by atoms with van der Waals surface area (Å²) < 4.78 is 52.9. The van der Waals surface area contributed by atoms with Gasteiger partial charge in [-0.2, -0.15) is 23.8 Å². The number of amides is 1. The normalized spacial score (nSPS) is 14.3. The molecule has 41 heavy (non-hydrogen) atoms. The minimum atomic E-state index is -3.16. The lowest BCUT2D eigenvalue weighted by Crippen LogP contribution is -2.44. The lowest BCUT2D eigenvalue weighted by Gasteiger charge is -2.24. The molecule has 0 aliphatic carbocycles. The second-order valence-electron chi connectivity index (χ2n) is 9.02. The van der Waals surface area contributed by atoms with E-state index in [4.69, 9.17) is 9.47 Å². The Labute approximate surface area is 229 Å². The van der Waals surface area contributed by atoms with Crippen LogP contribution in [0.2, 0.25) is 0 Å². The van der Waals surface area contributed by atoms with Gasteiger partial charge in [0.15, 0.2) is 11.5 Å². The van der Waals surface area contributed by atoms with Crippen molar-refractivity contribution >= 4 is 17.2 Å². The maximum atomic E-state index is 13.6. The summed E-state index contributed by atoms with van der Waals surface area (Å²) in [6, 6.07) is 5.54. The van der Waals surface area contributed by atoms with Crippen LogP contribution in [0.25, 0.3) is 16.9 Å². The minimum Gasteiger partial charge on any atom is -0.461 e. The van der Waals surface area contributed by atoms with E-state index in [9.17, 15) is 18.0 Å². The predicted octanol–water partition coefficient (Wildman–Crippen LogP) is 2.32. The molecular weight excluding hydrogens is 547 g/mol. The lowest BCUT2D eigenvalue weighted by atomic mass is 10.1. The molecule has 4 aromatic heterocycles. The first-order chi connectivity index (χ1) is 19.8. The fourth-order valence-electron chi connectivity index (χ4n) is 4.18. The van der Waals surface area contributed by atoms with E-state index >= 15 is 0 Å². The van der Waals surface area contributed by atoms with E-state index in [2.05, 4.69) is 41.2 Å². The van der Waals surface area contributed by atoms with Gasteiger partial charge >= 0.3 is 6.61 Å². The van der Waals surface area contributed by atoms with Crippen LogP contribution in [0.4, 0.5) is 18.9 Å². The molecule has 14 nitrogen and oxygen atoms in total. The Morgan fingerprint density at radius 1 is 1.22 bits per heavy atom. The monoisotopic (exact) mass is 569 g/mol. The molecule has 0 saturated carbocycles. The van der Waals surface area contributed by atoms with Gasteiger partial charge < -0.3 is 20.1 Å². The Bertz CT molecular complexity index is 1700. The molecule has 0 bridgehead atoms. The van der Waals surface area contributed by atoms with Crippen molar-refractivity contribution in [3.05, 3.63) is 60.4 Å². The smallest absolute Gasteiger partial charge is 0.387 e. The van der Waals surface area contributed by atoms with E-state index < -0.39 is 18.9 Å². The Balaban J connectivity index is 1.39. The van der Waals surface area contributed by atoms with Crippen LogP contribution in [-0.4, -0.2) is 76.6 Å². The van der Waals surface area contributed by atoms with Gasteiger partial charge in [0.05, 0.1) is 23.5 Å². The summed E-state index contributed by atoms with van der Waals surface area (Å²) in [5, 5.41) is 27.0. The van der Waals surface area contributed by atoms with E-state index in [0.717, 1.165) is 13.1 Å². The SMILES string of the molecule is CC(F)Oc1ccc(OC(F)F)c(-c2nn(Cc3nnn(C4CNC4)n3)cc2NC(=O)c2cnn3cccnc23)c1. The van der Waals surface area contributed by atoms with E-state index in [1.807, 2.05) is 0 Å². The number of alkyl halides is 3. The zero-order valence-electron chi connectivity index (χ0n) is 21.4. The number of nitrogens with one attached hydrogen (secondary N) is 2. The molecule has 1 atom stereocenters. The highest BCUT2D eigenvalue weighted by molar-refractivity contribution is 6.09. The summed E-state index contributed by atoms with van der Waals surface area (Å²) in [6.45, 7) is -0.499. The van der Waals surface area contributed by atoms with Crippen molar-refractivity contribution in [2.45, 2.75) is 32.5 Å². The van der Waals surface area contributed by atoms with Crippen molar-refractivity contribution in [2.24, 2.45) is 0 Å². The quantitative estimate of drug-likeness (QED) is 0.256. The fourth-order valence-corrected chi connectivity index (χ4v) is 4.18. The van der Waals surface area contributed by atoms with E-state index in [0.29, 0.717) is 11.5 Å². The van der Waals surface area contributed by atoms with Crippen LogP contribution in [0.15, 0.2) is 49.1 Å². The topological polar surface area (TPSA) is 151 Å². The highest BCUT2D eigenvalue weighted by Crippen LogP contribution is 2.38. The molecule has 1 aromatic carbocycles. The number of benzene rings is 1. The standard InChI is InChI=1S/C24H22F3N11O3/c1-13(25)40-15-3-4-19(41-24(26)27)16(7-15)21-18(31-23(39)17-10-30-37-6-2-5-29-22(17)37)11-36(34-21)12-20-32-35-38(33-20)14-8-28-9-14/h2-7,10-11,13-14,24,28H,8-9,12H2,1H3,(H,31,39). The maximum absolute atomic E-state index is 13.6. The number of anilines is 1. The fraction of sp³-hybridized carbons (Fsp3) is 0.292. The number of ether oxygens (including phenoxy) is 2. The average molecular weight is 570 g/mol. The van der Waals surface area contributed by atoms with Crippen molar-refractivity contribution in [2.75, 3.05) is 18.4 Å². The number of carbonyl (C=O) groups excluding carboxylic acids is 1. The van der Waals surface area contributed by atoms with Crippen LogP contribution in [0.3, 0.4) is 0 Å². The molecule has 1 saturated heterocycles. The summed E-state index contributed by atoms with van der Waals surface area (Å²) in [6.07, 6.45) is 4.30. The summed E-state index contributed by atoms with van der Waals surface area (Å²) in [5.74, 6) is -0.474. The first-order valence-electron chi connectivity index (χ1n) is 12.4. The number of halogens is 3. The van der Waals surface area contributed by atoms with Crippen LogP contribution in [0, 0.1) is 0 Å². The zero-order chi connectivity index (χ0) is 28.5. The van der Waals surface area contributed by atoms with Gasteiger partial charge in [0.2, 0.25) is 6.36 Å². The molecular formula is C24H22F3N11O3. The third-order valence-corrected chi connectivity index (χ3v) is 6.11. The second-order valence-corrected chi connectivity index (χ2v) is 9.02. The van der Waals surface area contributed by atoms with E-state index in [1.54, 1.807) is 12.3 Å². The first kappa shape index (κ1) is 26.2. The number of hydrogen-bond acceptors (Lipinski definition) is 10. The van der Waals surface area contributed by atoms with Gasteiger partial charge in [-0.1, -0.05) is 0 Å². The highest BCUT2D eigenvalue weighted by Gasteiger charge is 2.24. The summed E-state index contributed by atoms with van der Waals surface area (Å²) in [7, 11) is 0. The second kappa shape index (κ2) is 10.8. The van der Waals surface area contributed by atoms with Crippen LogP contribution in [0.5, 0.6) is 11.5 Å². The number of nitrogens with zero attached hydrogens (tertiary/aromatic N) is 9. The third kappa shape index (κ3) is 5.51. The number of fused-ring (bicyclic) bond motifs is 1. The molecule has 1 aliphatic heterocycles. The highest BCUT2D eigenvalue weighted by atomic mass is 19.3. The number of rotatable bonds is 10. The molecule has 1 amide bonds. The van der Waals surface area contributed by atoms with Gasteiger partial charge in [0.1, 0.15) is 29.3 Å². The van der Waals surface area contributed by atoms with Crippen molar-refractivity contribution in [1.82, 2.24) is 49.9 Å². The van der Waals surface area contributed by atoms with Crippen LogP contribution >= 0.6 is 0 Å². The van der Waals surface area contributed by atoms with E-state index in [-0.39, 0.29) is 46.6 Å². The summed E-state index contributed by atoms with van der Waals surface area (Å²) in [4.78, 5) is 19.0. The van der Waals surface area contributed by atoms with Crippen molar-refractivity contribution in [1.29, 1.82) is 0 Å². The Kier molecular flexibility index (Phi) is 6.92. The molecule has 0 spiro atoms. The molecule has 212 valence electrons. The largest absolute Gasteiger partial charge is 0.461 e. The molecule has 5 heterocycles. The maximum Gasteiger partial charge on any atom is 0.387 e. The number of aromatic nitrogens is 9. The van der Waals surface area contributed by atoms with Gasteiger partial charge in [-0.3, -0.25) is 9.48 Å². The Hall–Kier alpha value is -5.06. The molecule has 6 rings (SSSR count). The molecule has 0 radical (unpaired) electrons. The van der Waals surface area contributed by atoms with Crippen LogP contribution < -0.4 is 20.1 Å². The summed E-state index contributed by atoms with van der Waals surface area (Å²) in [5.41, 5.74) is 0.666. The third-order valence-electron chi connectivity index (χ3n) is 6.11. The molecule has 5 aromatic rings. The van der Waals surface area contributed by atoms with Gasteiger partial charge in [-0.15, -0.1) is 10.2 Å². The van der Waals surface area contributed by atoms with E-state index in [1.165, 1.54) is 57.7 Å². The molecule has 17 heteroatoms. The van der Waals surface area contributed by atoms with Gasteiger partial charge in [0.25, 0.3) is 5.91 Å². The van der Waals surface area contributed by atoms with Crippen LogP contribution in [0.1, 0.15) is 29.1 Å². The Morgan fingerprint density at radius 2 is 2.07 bits per heavy atom. The zero-order valence-corrected chi connectivity index (χ0v) is 21.4. The van der Waals surface area contributed by atoms with Crippen molar-refractivity contribution in [3.63, 3.8) is 0 Å². The van der Waals surface area contributed by atoms with Gasteiger partial charge in [-0.25, -0.2) is 13.9 Å². The predicted molar refractivity (Wildman–Crippen MR) is 135 cm³/mol. The molecule has 1 aliphatic rings. The van der Waals surface area contributed by atoms with Crippen molar-refractivity contribution < 1.29 is 27.4 Å². The molecule has 2 N–H and O–H groups in total. The summed E-state index contributed by atoms with van der Waals surface area (Å²) >= 11 is 0.